The van der Waals surface area contributed by atoms with E-state index < -0.39 is 11.6 Å². The summed E-state index contributed by atoms with van der Waals surface area (Å²) in [5.74, 6) is -0.0492. The van der Waals surface area contributed by atoms with E-state index in [1.807, 2.05) is 0 Å². The normalized spacial score (nSPS) is 10.8. The lowest BCUT2D eigenvalue weighted by Crippen LogP contribution is -1.94. The predicted molar refractivity (Wildman–Crippen MR) is 57.9 cm³/mol. The van der Waals surface area contributed by atoms with E-state index >= 15 is 0 Å². The van der Waals surface area contributed by atoms with Gasteiger partial charge in [-0.2, -0.15) is 4.98 Å². The van der Waals surface area contributed by atoms with Crippen LogP contribution in [0, 0.1) is 11.6 Å². The van der Waals surface area contributed by atoms with Gasteiger partial charge in [0, 0.05) is 24.8 Å². The van der Waals surface area contributed by atoms with Crippen LogP contribution in [0.25, 0.3) is 0 Å². The Labute approximate surface area is 101 Å². The monoisotopic (exact) mass is 258 g/mol. The number of alkyl halides is 1. The van der Waals surface area contributed by atoms with Gasteiger partial charge < -0.3 is 4.52 Å². The standard InChI is InChI=1S/C11H9ClF2N2O/c12-2-1-11-15-10(16-17-11)5-7-3-8(13)6-9(14)4-7/h3-4,6H,1-2,5H2. The minimum absolute atomic E-state index is 0.223. The Morgan fingerprint density at radius 2 is 1.88 bits per heavy atom. The van der Waals surface area contributed by atoms with Gasteiger partial charge in [0.05, 0.1) is 0 Å². The predicted octanol–water partition coefficient (Wildman–Crippen LogP) is 2.72. The molecule has 0 atom stereocenters. The fourth-order valence-electron chi connectivity index (χ4n) is 1.44. The quantitative estimate of drug-likeness (QED) is 0.792. The summed E-state index contributed by atoms with van der Waals surface area (Å²) in [6.45, 7) is 0. The van der Waals surface area contributed by atoms with Gasteiger partial charge in [-0.15, -0.1) is 11.6 Å². The minimum Gasteiger partial charge on any atom is -0.339 e. The Kier molecular flexibility index (Phi) is 3.68. The van der Waals surface area contributed by atoms with Crippen LogP contribution in [-0.4, -0.2) is 16.0 Å². The third kappa shape index (κ3) is 3.23. The maximum Gasteiger partial charge on any atom is 0.227 e. The smallest absolute Gasteiger partial charge is 0.227 e. The fourth-order valence-corrected chi connectivity index (χ4v) is 1.60. The summed E-state index contributed by atoms with van der Waals surface area (Å²) in [6, 6.07) is 3.29. The topological polar surface area (TPSA) is 38.9 Å². The van der Waals surface area contributed by atoms with Gasteiger partial charge in [0.25, 0.3) is 0 Å². The summed E-state index contributed by atoms with van der Waals surface area (Å²) < 4.78 is 30.8. The summed E-state index contributed by atoms with van der Waals surface area (Å²) in [7, 11) is 0. The van der Waals surface area contributed by atoms with Crippen molar-refractivity contribution in [2.75, 3.05) is 5.88 Å². The molecule has 1 aromatic carbocycles. The van der Waals surface area contributed by atoms with Crippen molar-refractivity contribution in [3.63, 3.8) is 0 Å². The molecule has 0 radical (unpaired) electrons. The van der Waals surface area contributed by atoms with Crippen LogP contribution in [0.3, 0.4) is 0 Å². The van der Waals surface area contributed by atoms with Crippen LogP contribution in [0.2, 0.25) is 0 Å². The van der Waals surface area contributed by atoms with Gasteiger partial charge >= 0.3 is 0 Å². The number of aromatic nitrogens is 2. The van der Waals surface area contributed by atoms with E-state index in [0.29, 0.717) is 29.6 Å². The van der Waals surface area contributed by atoms with Crippen molar-refractivity contribution in [1.82, 2.24) is 10.1 Å². The van der Waals surface area contributed by atoms with E-state index in [-0.39, 0.29) is 6.42 Å². The van der Waals surface area contributed by atoms with Crippen LogP contribution in [0.4, 0.5) is 8.78 Å². The number of hydrogen-bond donors (Lipinski definition) is 0. The van der Waals surface area contributed by atoms with Crippen molar-refractivity contribution in [2.45, 2.75) is 12.8 Å². The highest BCUT2D eigenvalue weighted by atomic mass is 35.5. The first-order chi connectivity index (χ1) is 8.17. The largest absolute Gasteiger partial charge is 0.339 e. The average molecular weight is 259 g/mol. The first-order valence-corrected chi connectivity index (χ1v) is 5.53. The Bertz CT molecular complexity index is 496. The number of nitrogens with zero attached hydrogens (tertiary/aromatic N) is 2. The van der Waals surface area contributed by atoms with E-state index in [2.05, 4.69) is 10.1 Å². The molecule has 0 aliphatic heterocycles. The molecule has 0 saturated heterocycles. The van der Waals surface area contributed by atoms with Gasteiger partial charge in [-0.05, 0) is 17.7 Å². The first kappa shape index (κ1) is 12.0. The van der Waals surface area contributed by atoms with Crippen LogP contribution >= 0.6 is 11.6 Å². The molecule has 2 rings (SSSR count). The third-order valence-electron chi connectivity index (χ3n) is 2.10. The van der Waals surface area contributed by atoms with Gasteiger partial charge in [-0.1, -0.05) is 5.16 Å². The molecule has 0 saturated carbocycles. The summed E-state index contributed by atoms with van der Waals surface area (Å²) in [5.41, 5.74) is 0.459. The summed E-state index contributed by atoms with van der Waals surface area (Å²) in [6.07, 6.45) is 0.701. The van der Waals surface area contributed by atoms with Gasteiger partial charge in [-0.25, -0.2) is 8.78 Å². The molecule has 1 heterocycles. The van der Waals surface area contributed by atoms with Crippen molar-refractivity contribution in [3.8, 4) is 0 Å². The second kappa shape index (κ2) is 5.23. The lowest BCUT2D eigenvalue weighted by atomic mass is 10.1. The molecule has 90 valence electrons. The van der Waals surface area contributed by atoms with E-state index in [1.54, 1.807) is 0 Å². The highest BCUT2D eigenvalue weighted by Crippen LogP contribution is 2.11. The van der Waals surface area contributed by atoms with E-state index in [4.69, 9.17) is 16.1 Å². The van der Waals surface area contributed by atoms with Crippen molar-refractivity contribution < 1.29 is 13.3 Å². The molecule has 0 fully saturated rings. The Morgan fingerprint density at radius 1 is 1.18 bits per heavy atom. The minimum atomic E-state index is -0.621. The van der Waals surface area contributed by atoms with Crippen molar-refractivity contribution in [1.29, 1.82) is 0 Å². The molecular formula is C11H9ClF2N2O. The highest BCUT2D eigenvalue weighted by molar-refractivity contribution is 6.17. The Balaban J connectivity index is 2.13. The van der Waals surface area contributed by atoms with E-state index in [0.717, 1.165) is 6.07 Å². The number of benzene rings is 1. The number of halogens is 3. The van der Waals surface area contributed by atoms with Crippen LogP contribution in [-0.2, 0) is 12.8 Å². The lowest BCUT2D eigenvalue weighted by molar-refractivity contribution is 0.378. The molecule has 0 aliphatic carbocycles. The van der Waals surface area contributed by atoms with Gasteiger partial charge in [-0.3, -0.25) is 0 Å². The van der Waals surface area contributed by atoms with Crippen LogP contribution < -0.4 is 0 Å². The van der Waals surface area contributed by atoms with Crippen molar-refractivity contribution in [3.05, 3.63) is 47.1 Å². The van der Waals surface area contributed by atoms with Crippen LogP contribution in [0.15, 0.2) is 22.7 Å². The molecular weight excluding hydrogens is 250 g/mol. The highest BCUT2D eigenvalue weighted by Gasteiger charge is 2.08. The third-order valence-corrected chi connectivity index (χ3v) is 2.29. The zero-order valence-corrected chi connectivity index (χ0v) is 9.55. The molecule has 0 spiro atoms. The molecule has 0 amide bonds. The summed E-state index contributed by atoms with van der Waals surface area (Å²) in [5, 5.41) is 3.70. The molecule has 0 N–H and O–H groups in total. The van der Waals surface area contributed by atoms with Gasteiger partial charge in [0.15, 0.2) is 5.82 Å². The maximum atomic E-state index is 12.9. The molecule has 6 heteroatoms. The van der Waals surface area contributed by atoms with Gasteiger partial charge in [0.2, 0.25) is 5.89 Å². The Hall–Kier alpha value is -1.49. The Morgan fingerprint density at radius 3 is 2.53 bits per heavy atom. The molecule has 0 aliphatic rings. The molecule has 1 aromatic heterocycles. The van der Waals surface area contributed by atoms with Crippen molar-refractivity contribution in [2.24, 2.45) is 0 Å². The van der Waals surface area contributed by atoms with Crippen LogP contribution in [0.1, 0.15) is 17.3 Å². The number of rotatable bonds is 4. The zero-order valence-electron chi connectivity index (χ0n) is 8.79. The fraction of sp³-hybridized carbons (Fsp3) is 0.273. The maximum absolute atomic E-state index is 12.9. The lowest BCUT2D eigenvalue weighted by Gasteiger charge is -1.97. The molecule has 3 nitrogen and oxygen atoms in total. The van der Waals surface area contributed by atoms with Crippen molar-refractivity contribution >= 4 is 11.6 Å². The zero-order chi connectivity index (χ0) is 12.3. The average Bonchev–Trinajstić information content (AvgIpc) is 2.64. The summed E-state index contributed by atoms with van der Waals surface area (Å²) >= 11 is 5.52. The van der Waals surface area contributed by atoms with Gasteiger partial charge in [0.1, 0.15) is 11.6 Å². The van der Waals surface area contributed by atoms with Crippen LogP contribution in [0.5, 0.6) is 0 Å². The first-order valence-electron chi connectivity index (χ1n) is 5.00. The van der Waals surface area contributed by atoms with E-state index in [1.165, 1.54) is 12.1 Å². The molecule has 0 bridgehead atoms. The SMILES string of the molecule is Fc1cc(F)cc(Cc2noc(CCCl)n2)c1. The number of aryl methyl sites for hydroxylation is 1. The molecule has 2 aromatic rings. The van der Waals surface area contributed by atoms with E-state index in [9.17, 15) is 8.78 Å². The molecule has 0 unspecified atom stereocenters. The number of hydrogen-bond acceptors (Lipinski definition) is 3. The second-order valence-electron chi connectivity index (χ2n) is 3.50. The summed E-state index contributed by atoms with van der Waals surface area (Å²) in [4.78, 5) is 4.05. The second-order valence-corrected chi connectivity index (χ2v) is 3.88. The molecule has 17 heavy (non-hydrogen) atoms.